The van der Waals surface area contributed by atoms with E-state index in [0.29, 0.717) is 19.4 Å². The molecule has 1 aliphatic rings. The van der Waals surface area contributed by atoms with Crippen molar-refractivity contribution >= 4 is 12.0 Å². The van der Waals surface area contributed by atoms with Gasteiger partial charge in [-0.15, -0.1) is 0 Å². The number of hydrogen-bond donors (Lipinski definition) is 2. The second-order valence-electron chi connectivity index (χ2n) is 5.22. The summed E-state index contributed by atoms with van der Waals surface area (Å²) < 4.78 is 0. The Morgan fingerprint density at radius 2 is 1.83 bits per heavy atom. The Kier molecular flexibility index (Phi) is 5.44. The number of nitrogens with zero attached hydrogens (tertiary/aromatic N) is 1. The van der Waals surface area contributed by atoms with Crippen LogP contribution in [0.3, 0.4) is 0 Å². The molecule has 5 nitrogen and oxygen atoms in total. The summed E-state index contributed by atoms with van der Waals surface area (Å²) in [6, 6.07) is 0.275. The summed E-state index contributed by atoms with van der Waals surface area (Å²) in [7, 11) is 0. The molecule has 18 heavy (non-hydrogen) atoms. The molecule has 1 rings (SSSR count). The molecular weight excluding hydrogens is 232 g/mol. The second kappa shape index (κ2) is 6.61. The van der Waals surface area contributed by atoms with Gasteiger partial charge in [-0.1, -0.05) is 0 Å². The number of amides is 2. The second-order valence-corrected chi connectivity index (χ2v) is 5.22. The van der Waals surface area contributed by atoms with Crippen LogP contribution in [0.5, 0.6) is 0 Å². The third-order valence-electron chi connectivity index (χ3n) is 3.63. The molecule has 0 radical (unpaired) electrons. The van der Waals surface area contributed by atoms with Crippen LogP contribution in [0.25, 0.3) is 0 Å². The average Bonchev–Trinajstić information content (AvgIpc) is 2.29. The molecule has 5 heteroatoms. The Morgan fingerprint density at radius 3 is 2.22 bits per heavy atom. The number of aliphatic carboxylic acids is 1. The predicted octanol–water partition coefficient (Wildman–Crippen LogP) is 2.07. The van der Waals surface area contributed by atoms with E-state index in [2.05, 4.69) is 5.32 Å². The van der Waals surface area contributed by atoms with Gasteiger partial charge in [-0.2, -0.15) is 0 Å². The summed E-state index contributed by atoms with van der Waals surface area (Å²) in [5.74, 6) is -0.942. The Morgan fingerprint density at radius 1 is 1.28 bits per heavy atom. The maximum atomic E-state index is 12.0. The summed E-state index contributed by atoms with van der Waals surface area (Å²) in [6.45, 7) is 6.63. The first-order valence-corrected chi connectivity index (χ1v) is 6.75. The van der Waals surface area contributed by atoms with Crippen LogP contribution in [0.4, 0.5) is 4.79 Å². The first-order chi connectivity index (χ1) is 8.45. The van der Waals surface area contributed by atoms with Crippen molar-refractivity contribution in [2.24, 2.45) is 5.92 Å². The van der Waals surface area contributed by atoms with Crippen LogP contribution in [0.2, 0.25) is 0 Å². The van der Waals surface area contributed by atoms with Gasteiger partial charge in [-0.25, -0.2) is 4.79 Å². The molecule has 0 aromatic heterocycles. The molecule has 0 aliphatic heterocycles. The number of urea groups is 1. The van der Waals surface area contributed by atoms with Gasteiger partial charge in [0, 0.05) is 18.6 Å². The predicted molar refractivity (Wildman–Crippen MR) is 69.4 cm³/mol. The zero-order chi connectivity index (χ0) is 13.7. The molecule has 0 spiro atoms. The molecular formula is C13H24N2O3. The van der Waals surface area contributed by atoms with Gasteiger partial charge in [0.25, 0.3) is 0 Å². The van der Waals surface area contributed by atoms with Crippen LogP contribution in [-0.2, 0) is 4.79 Å². The van der Waals surface area contributed by atoms with Crippen LogP contribution in [0, 0.1) is 5.92 Å². The quantitative estimate of drug-likeness (QED) is 0.809. The van der Waals surface area contributed by atoms with E-state index in [4.69, 9.17) is 5.11 Å². The van der Waals surface area contributed by atoms with Crippen molar-refractivity contribution in [3.8, 4) is 0 Å². The van der Waals surface area contributed by atoms with Gasteiger partial charge in [0.1, 0.15) is 0 Å². The minimum Gasteiger partial charge on any atom is -0.481 e. The van der Waals surface area contributed by atoms with Crippen LogP contribution in [0.1, 0.15) is 46.5 Å². The zero-order valence-electron chi connectivity index (χ0n) is 11.5. The number of carbonyl (C=O) groups is 2. The van der Waals surface area contributed by atoms with Crippen molar-refractivity contribution in [1.29, 1.82) is 0 Å². The molecule has 0 atom stereocenters. The Bertz CT molecular complexity index is 297. The average molecular weight is 256 g/mol. The highest BCUT2D eigenvalue weighted by molar-refractivity contribution is 5.75. The highest BCUT2D eigenvalue weighted by Gasteiger charge is 2.27. The van der Waals surface area contributed by atoms with Crippen molar-refractivity contribution in [3.05, 3.63) is 0 Å². The first-order valence-electron chi connectivity index (χ1n) is 6.75. The van der Waals surface area contributed by atoms with Gasteiger partial charge < -0.3 is 15.3 Å². The van der Waals surface area contributed by atoms with E-state index in [1.54, 1.807) is 4.90 Å². The fourth-order valence-corrected chi connectivity index (χ4v) is 2.49. The highest BCUT2D eigenvalue weighted by atomic mass is 16.4. The summed E-state index contributed by atoms with van der Waals surface area (Å²) >= 11 is 0. The SMILES string of the molecule is CCN(C(=O)NC1CCC(C(=O)O)CC1)C(C)C. The van der Waals surface area contributed by atoms with Gasteiger partial charge in [-0.05, 0) is 46.5 Å². The van der Waals surface area contributed by atoms with Crippen molar-refractivity contribution < 1.29 is 14.7 Å². The normalized spacial score (nSPS) is 23.8. The van der Waals surface area contributed by atoms with Gasteiger partial charge in [0.05, 0.1) is 5.92 Å². The van der Waals surface area contributed by atoms with Crippen molar-refractivity contribution in [1.82, 2.24) is 10.2 Å². The molecule has 0 aromatic rings. The molecule has 1 aliphatic carbocycles. The van der Waals surface area contributed by atoms with E-state index in [1.165, 1.54) is 0 Å². The molecule has 2 N–H and O–H groups in total. The van der Waals surface area contributed by atoms with Crippen molar-refractivity contribution in [3.63, 3.8) is 0 Å². The summed E-state index contributed by atoms with van der Waals surface area (Å²) in [5.41, 5.74) is 0. The number of carboxylic acid groups (broad SMARTS) is 1. The monoisotopic (exact) mass is 256 g/mol. The molecule has 104 valence electrons. The lowest BCUT2D eigenvalue weighted by molar-refractivity contribution is -0.142. The number of nitrogens with one attached hydrogen (secondary N) is 1. The highest BCUT2D eigenvalue weighted by Crippen LogP contribution is 2.24. The van der Waals surface area contributed by atoms with E-state index in [1.807, 2.05) is 20.8 Å². The van der Waals surface area contributed by atoms with Gasteiger partial charge in [-0.3, -0.25) is 4.79 Å². The number of hydrogen-bond acceptors (Lipinski definition) is 2. The van der Waals surface area contributed by atoms with Gasteiger partial charge >= 0.3 is 12.0 Å². The zero-order valence-corrected chi connectivity index (χ0v) is 11.5. The Labute approximate surface area is 109 Å². The maximum Gasteiger partial charge on any atom is 0.317 e. The van der Waals surface area contributed by atoms with Crippen LogP contribution < -0.4 is 5.32 Å². The van der Waals surface area contributed by atoms with Crippen molar-refractivity contribution in [2.75, 3.05) is 6.54 Å². The third kappa shape index (κ3) is 3.89. The lowest BCUT2D eigenvalue weighted by atomic mass is 9.86. The minimum absolute atomic E-state index is 0.0359. The standard InChI is InChI=1S/C13H24N2O3/c1-4-15(9(2)3)13(18)14-11-7-5-10(6-8-11)12(16)17/h9-11H,4-8H2,1-3H3,(H,14,18)(H,16,17). The van der Waals surface area contributed by atoms with Crippen LogP contribution in [-0.4, -0.2) is 40.6 Å². The van der Waals surface area contributed by atoms with Crippen LogP contribution in [0.15, 0.2) is 0 Å². The number of carbonyl (C=O) groups excluding carboxylic acids is 1. The molecule has 1 fully saturated rings. The molecule has 1 saturated carbocycles. The fraction of sp³-hybridized carbons (Fsp3) is 0.846. The first kappa shape index (κ1) is 14.8. The Hall–Kier alpha value is -1.26. The lowest BCUT2D eigenvalue weighted by Crippen LogP contribution is -2.48. The fourth-order valence-electron chi connectivity index (χ4n) is 2.49. The van der Waals surface area contributed by atoms with E-state index in [9.17, 15) is 9.59 Å². The van der Waals surface area contributed by atoms with Crippen molar-refractivity contribution in [2.45, 2.75) is 58.5 Å². The minimum atomic E-state index is -0.711. The molecule has 2 amide bonds. The number of carboxylic acids is 1. The molecule has 0 aromatic carbocycles. The molecule has 0 heterocycles. The van der Waals surface area contributed by atoms with E-state index >= 15 is 0 Å². The summed E-state index contributed by atoms with van der Waals surface area (Å²) in [6.07, 6.45) is 2.85. The maximum absolute atomic E-state index is 12.0. The molecule has 0 saturated heterocycles. The molecule has 0 unspecified atom stereocenters. The largest absolute Gasteiger partial charge is 0.481 e. The summed E-state index contributed by atoms with van der Waals surface area (Å²) in [5, 5.41) is 11.9. The smallest absolute Gasteiger partial charge is 0.317 e. The van der Waals surface area contributed by atoms with Gasteiger partial charge in [0.2, 0.25) is 0 Å². The van der Waals surface area contributed by atoms with E-state index < -0.39 is 5.97 Å². The van der Waals surface area contributed by atoms with E-state index in [0.717, 1.165) is 12.8 Å². The summed E-state index contributed by atoms with van der Waals surface area (Å²) in [4.78, 5) is 24.6. The van der Waals surface area contributed by atoms with Crippen LogP contribution >= 0.6 is 0 Å². The Balaban J connectivity index is 2.41. The van der Waals surface area contributed by atoms with Gasteiger partial charge in [0.15, 0.2) is 0 Å². The lowest BCUT2D eigenvalue weighted by Gasteiger charge is -2.31. The van der Waals surface area contributed by atoms with E-state index in [-0.39, 0.29) is 24.0 Å². The topological polar surface area (TPSA) is 69.6 Å². The molecule has 0 bridgehead atoms. The third-order valence-corrected chi connectivity index (χ3v) is 3.63. The number of rotatable bonds is 4.